The molecule has 1 amide bonds. The van der Waals surface area contributed by atoms with Crippen molar-refractivity contribution < 1.29 is 9.90 Å². The largest absolute Gasteiger partial charge is 0.383 e. The average Bonchev–Trinajstić information content (AvgIpc) is 3.03. The van der Waals surface area contributed by atoms with E-state index in [-0.39, 0.29) is 11.9 Å². The van der Waals surface area contributed by atoms with Crippen LogP contribution in [0.3, 0.4) is 0 Å². The van der Waals surface area contributed by atoms with Crippen molar-refractivity contribution in [2.24, 2.45) is 0 Å². The van der Waals surface area contributed by atoms with Crippen LogP contribution in [0.25, 0.3) is 0 Å². The number of hydrogen-bond donors (Lipinski definition) is 3. The molecule has 24 heavy (non-hydrogen) atoms. The van der Waals surface area contributed by atoms with Crippen molar-refractivity contribution in [2.45, 2.75) is 45.8 Å². The molecule has 0 bridgehead atoms. The number of anilines is 1. The van der Waals surface area contributed by atoms with Crippen LogP contribution in [0.2, 0.25) is 0 Å². The van der Waals surface area contributed by atoms with Gasteiger partial charge in [-0.2, -0.15) is 0 Å². The number of aliphatic hydroxyl groups is 1. The number of carbonyl (C=O) groups excluding carboxylic acids is 1. The lowest BCUT2D eigenvalue weighted by Crippen LogP contribution is -2.40. The smallest absolute Gasteiger partial charge is 0.225 e. The predicted molar refractivity (Wildman–Crippen MR) is 101 cm³/mol. The first-order valence-electron chi connectivity index (χ1n) is 8.15. The maximum absolute atomic E-state index is 12.2. The summed E-state index contributed by atoms with van der Waals surface area (Å²) in [7, 11) is 0. The molecule has 130 valence electrons. The van der Waals surface area contributed by atoms with Gasteiger partial charge in [-0.05, 0) is 50.8 Å². The molecule has 0 aliphatic heterocycles. The fourth-order valence-corrected chi connectivity index (χ4v) is 3.34. The van der Waals surface area contributed by atoms with Gasteiger partial charge in [-0.1, -0.05) is 23.8 Å². The van der Waals surface area contributed by atoms with Crippen molar-refractivity contribution in [1.29, 1.82) is 0 Å². The summed E-state index contributed by atoms with van der Waals surface area (Å²) in [5, 5.41) is 18.7. The number of aryl methyl sites for hydroxylation is 2. The minimum absolute atomic E-state index is 0.0257. The quantitative estimate of drug-likeness (QED) is 0.718. The van der Waals surface area contributed by atoms with Crippen molar-refractivity contribution in [1.82, 2.24) is 5.32 Å². The van der Waals surface area contributed by atoms with E-state index < -0.39 is 5.60 Å². The number of thiophene rings is 1. The summed E-state index contributed by atoms with van der Waals surface area (Å²) < 4.78 is 0. The van der Waals surface area contributed by atoms with E-state index >= 15 is 0 Å². The minimum atomic E-state index is -0.924. The number of carbonyl (C=O) groups is 1. The zero-order valence-electron chi connectivity index (χ0n) is 14.7. The summed E-state index contributed by atoms with van der Waals surface area (Å²) >= 11 is 1.53. The third-order valence-electron chi connectivity index (χ3n) is 3.99. The van der Waals surface area contributed by atoms with E-state index in [0.717, 1.165) is 16.1 Å². The molecule has 1 heterocycles. The van der Waals surface area contributed by atoms with Crippen molar-refractivity contribution in [2.75, 3.05) is 11.9 Å². The maximum atomic E-state index is 12.2. The Morgan fingerprint density at radius 1 is 1.33 bits per heavy atom. The number of nitrogens with one attached hydrogen (secondary N) is 2. The van der Waals surface area contributed by atoms with E-state index in [0.29, 0.717) is 13.0 Å². The number of rotatable bonds is 7. The van der Waals surface area contributed by atoms with E-state index in [2.05, 4.69) is 16.7 Å². The fraction of sp³-hybridized carbons (Fsp3) is 0.421. The van der Waals surface area contributed by atoms with E-state index in [9.17, 15) is 9.90 Å². The molecular weight excluding hydrogens is 320 g/mol. The van der Waals surface area contributed by atoms with E-state index in [1.165, 1.54) is 16.9 Å². The molecule has 4 nitrogen and oxygen atoms in total. The van der Waals surface area contributed by atoms with Gasteiger partial charge in [0.25, 0.3) is 0 Å². The van der Waals surface area contributed by atoms with Crippen LogP contribution < -0.4 is 10.6 Å². The summed E-state index contributed by atoms with van der Waals surface area (Å²) in [6.45, 7) is 8.17. The summed E-state index contributed by atoms with van der Waals surface area (Å²) in [5.41, 5.74) is 2.16. The Morgan fingerprint density at radius 2 is 2.08 bits per heavy atom. The zero-order valence-corrected chi connectivity index (χ0v) is 15.5. The van der Waals surface area contributed by atoms with Gasteiger partial charge in [0.15, 0.2) is 0 Å². The van der Waals surface area contributed by atoms with Gasteiger partial charge >= 0.3 is 0 Å². The molecule has 2 atom stereocenters. The Morgan fingerprint density at radius 3 is 2.71 bits per heavy atom. The molecule has 2 aromatic rings. The molecule has 0 aliphatic rings. The molecule has 0 saturated carbocycles. The molecule has 5 heteroatoms. The molecule has 0 unspecified atom stereocenters. The Labute approximate surface area is 147 Å². The fourth-order valence-electron chi connectivity index (χ4n) is 2.55. The topological polar surface area (TPSA) is 61.4 Å². The van der Waals surface area contributed by atoms with Crippen molar-refractivity contribution in [3.8, 4) is 0 Å². The Balaban J connectivity index is 1.83. The lowest BCUT2D eigenvalue weighted by molar-refractivity contribution is -0.116. The van der Waals surface area contributed by atoms with Gasteiger partial charge in [0, 0.05) is 29.6 Å². The third kappa shape index (κ3) is 5.16. The molecule has 0 fully saturated rings. The first-order chi connectivity index (χ1) is 11.3. The first kappa shape index (κ1) is 18.6. The van der Waals surface area contributed by atoms with Crippen molar-refractivity contribution in [3.63, 3.8) is 0 Å². The SMILES string of the molecule is Cc1ccc(NC(=O)C[C@@H](C)NC[C@@](C)(O)c2cccs2)c(C)c1. The first-order valence-corrected chi connectivity index (χ1v) is 9.03. The molecular formula is C19H26N2O2S. The van der Waals surface area contributed by atoms with Crippen LogP contribution in [-0.2, 0) is 10.4 Å². The number of benzene rings is 1. The lowest BCUT2D eigenvalue weighted by atomic mass is 10.0. The molecule has 0 spiro atoms. The average molecular weight is 346 g/mol. The van der Waals surface area contributed by atoms with Crippen LogP contribution in [0.15, 0.2) is 35.7 Å². The molecule has 1 aromatic heterocycles. The van der Waals surface area contributed by atoms with Crippen LogP contribution in [-0.4, -0.2) is 23.6 Å². The van der Waals surface area contributed by atoms with Gasteiger partial charge in [0.1, 0.15) is 5.60 Å². The second kappa shape index (κ2) is 7.92. The van der Waals surface area contributed by atoms with Gasteiger partial charge < -0.3 is 15.7 Å². The maximum Gasteiger partial charge on any atom is 0.225 e. The van der Waals surface area contributed by atoms with Crippen LogP contribution in [0, 0.1) is 13.8 Å². The second-order valence-corrected chi connectivity index (χ2v) is 7.55. The highest BCUT2D eigenvalue weighted by Crippen LogP contribution is 2.24. The Hall–Kier alpha value is -1.69. The highest BCUT2D eigenvalue weighted by molar-refractivity contribution is 7.10. The van der Waals surface area contributed by atoms with Crippen LogP contribution >= 0.6 is 11.3 Å². The highest BCUT2D eigenvalue weighted by Gasteiger charge is 2.24. The van der Waals surface area contributed by atoms with Gasteiger partial charge in [-0.25, -0.2) is 0 Å². The second-order valence-electron chi connectivity index (χ2n) is 6.60. The third-order valence-corrected chi connectivity index (χ3v) is 5.12. The van der Waals surface area contributed by atoms with Gasteiger partial charge in [-0.3, -0.25) is 4.79 Å². The number of amides is 1. The van der Waals surface area contributed by atoms with Crippen LogP contribution in [0.1, 0.15) is 36.3 Å². The van der Waals surface area contributed by atoms with Crippen molar-refractivity contribution in [3.05, 3.63) is 51.7 Å². The van der Waals surface area contributed by atoms with E-state index in [4.69, 9.17) is 0 Å². The lowest BCUT2D eigenvalue weighted by Gasteiger charge is -2.25. The summed E-state index contributed by atoms with van der Waals surface area (Å²) in [6, 6.07) is 9.79. The van der Waals surface area contributed by atoms with Crippen LogP contribution in [0.5, 0.6) is 0 Å². The predicted octanol–water partition coefficient (Wildman–Crippen LogP) is 3.58. The van der Waals surface area contributed by atoms with Gasteiger partial charge in [0.05, 0.1) is 0 Å². The van der Waals surface area contributed by atoms with Crippen molar-refractivity contribution >= 4 is 22.9 Å². The highest BCUT2D eigenvalue weighted by atomic mass is 32.1. The number of hydrogen-bond acceptors (Lipinski definition) is 4. The van der Waals surface area contributed by atoms with Gasteiger partial charge in [0.2, 0.25) is 5.91 Å². The minimum Gasteiger partial charge on any atom is -0.383 e. The Kier molecular flexibility index (Phi) is 6.15. The van der Waals surface area contributed by atoms with E-state index in [1.807, 2.05) is 50.4 Å². The monoisotopic (exact) mass is 346 g/mol. The molecule has 2 rings (SSSR count). The molecule has 0 saturated heterocycles. The van der Waals surface area contributed by atoms with Crippen LogP contribution in [0.4, 0.5) is 5.69 Å². The summed E-state index contributed by atoms with van der Waals surface area (Å²) in [4.78, 5) is 13.1. The van der Waals surface area contributed by atoms with E-state index in [1.54, 1.807) is 6.92 Å². The molecule has 0 aliphatic carbocycles. The summed E-state index contributed by atoms with van der Waals surface area (Å²) in [6.07, 6.45) is 0.355. The molecule has 1 aromatic carbocycles. The normalized spacial score (nSPS) is 14.9. The Bertz CT molecular complexity index is 681. The standard InChI is InChI=1S/C19H26N2O2S/c1-13-7-8-16(14(2)10-13)21-18(22)11-15(3)20-12-19(4,23)17-6-5-9-24-17/h5-10,15,20,23H,11-12H2,1-4H3,(H,21,22)/t15-,19-/m1/s1. The van der Waals surface area contributed by atoms with Gasteiger partial charge in [-0.15, -0.1) is 11.3 Å². The molecule has 0 radical (unpaired) electrons. The molecule has 3 N–H and O–H groups in total. The zero-order chi connectivity index (χ0) is 17.7. The summed E-state index contributed by atoms with van der Waals surface area (Å²) in [5.74, 6) is -0.0299.